The van der Waals surface area contributed by atoms with Gasteiger partial charge in [-0.3, -0.25) is 4.79 Å². The molecule has 1 unspecified atom stereocenters. The van der Waals surface area contributed by atoms with Crippen molar-refractivity contribution in [3.8, 4) is 5.69 Å². The fraction of sp³-hybridized carbons (Fsp3) is 0.316. The van der Waals surface area contributed by atoms with E-state index in [4.69, 9.17) is 11.6 Å². The molecular formula is C19H19ClF3N5O2. The predicted octanol–water partition coefficient (Wildman–Crippen LogP) is 3.14. The van der Waals surface area contributed by atoms with E-state index in [-0.39, 0.29) is 10.7 Å². The van der Waals surface area contributed by atoms with Gasteiger partial charge in [-0.25, -0.2) is 9.67 Å². The smallest absolute Gasteiger partial charge is 0.374 e. The Hall–Kier alpha value is -2.85. The largest absolute Gasteiger partial charge is 0.424 e. The fourth-order valence-electron chi connectivity index (χ4n) is 3.09. The zero-order valence-corrected chi connectivity index (χ0v) is 16.9. The number of amides is 1. The van der Waals surface area contributed by atoms with Crippen LogP contribution in [0.15, 0.2) is 42.7 Å². The van der Waals surface area contributed by atoms with Crippen molar-refractivity contribution < 1.29 is 23.1 Å². The Morgan fingerprint density at radius 3 is 2.50 bits per heavy atom. The van der Waals surface area contributed by atoms with Crippen molar-refractivity contribution >= 4 is 17.5 Å². The topological polar surface area (TPSA) is 85.0 Å². The highest BCUT2D eigenvalue weighted by molar-refractivity contribution is 6.33. The van der Waals surface area contributed by atoms with E-state index in [2.05, 4.69) is 15.4 Å². The normalized spacial score (nSPS) is 13.8. The maximum atomic E-state index is 13.6. The van der Waals surface area contributed by atoms with Crippen LogP contribution in [0.4, 0.5) is 13.2 Å². The molecule has 1 amide bonds. The Balaban J connectivity index is 1.78. The lowest BCUT2D eigenvalue weighted by atomic mass is 9.97. The summed E-state index contributed by atoms with van der Waals surface area (Å²) in [6.07, 6.45) is -3.35. The molecular weight excluding hydrogens is 423 g/mol. The number of nitrogens with one attached hydrogen (secondary N) is 1. The summed E-state index contributed by atoms with van der Waals surface area (Å²) < 4.78 is 43.1. The minimum atomic E-state index is -4.98. The molecule has 0 saturated heterocycles. The van der Waals surface area contributed by atoms with Crippen LogP contribution in [-0.2, 0) is 12.6 Å². The molecule has 2 N–H and O–H groups in total. The Morgan fingerprint density at radius 1 is 1.27 bits per heavy atom. The van der Waals surface area contributed by atoms with Crippen LogP contribution in [0.5, 0.6) is 0 Å². The van der Waals surface area contributed by atoms with E-state index in [1.165, 1.54) is 17.9 Å². The van der Waals surface area contributed by atoms with E-state index >= 15 is 0 Å². The average Bonchev–Trinajstić information content (AvgIpc) is 3.24. The number of aromatic nitrogens is 4. The van der Waals surface area contributed by atoms with Gasteiger partial charge in [0.15, 0.2) is 0 Å². The molecule has 3 aromatic rings. The summed E-state index contributed by atoms with van der Waals surface area (Å²) in [5.41, 5.74) is -2.22. The average molecular weight is 442 g/mol. The van der Waals surface area contributed by atoms with Gasteiger partial charge >= 0.3 is 6.18 Å². The Bertz CT molecular complexity index is 1050. The lowest BCUT2D eigenvalue weighted by Crippen LogP contribution is -2.46. The summed E-state index contributed by atoms with van der Waals surface area (Å²) >= 11 is 6.30. The predicted molar refractivity (Wildman–Crippen MR) is 103 cm³/mol. The second kappa shape index (κ2) is 8.11. The molecule has 30 heavy (non-hydrogen) atoms. The molecule has 0 fully saturated rings. The van der Waals surface area contributed by atoms with Gasteiger partial charge in [0, 0.05) is 32.4 Å². The molecule has 2 heterocycles. The van der Waals surface area contributed by atoms with Gasteiger partial charge in [-0.15, -0.1) is 0 Å². The highest BCUT2D eigenvalue weighted by Gasteiger charge is 2.57. The van der Waals surface area contributed by atoms with Gasteiger partial charge in [0.25, 0.3) is 5.91 Å². The molecule has 0 aliphatic carbocycles. The van der Waals surface area contributed by atoms with Crippen LogP contribution < -0.4 is 5.32 Å². The summed E-state index contributed by atoms with van der Waals surface area (Å²) in [6, 6.07) is 8.85. The SMILES string of the molecule is Cc1nn(-c2ccccc2)c(Cl)c1C(=O)NCCC(O)(c1nccn1C)C(F)(F)F. The zero-order valence-electron chi connectivity index (χ0n) is 16.1. The summed E-state index contributed by atoms with van der Waals surface area (Å²) in [5.74, 6) is -1.25. The fourth-order valence-corrected chi connectivity index (χ4v) is 3.45. The number of aliphatic hydroxyl groups is 1. The molecule has 0 aliphatic rings. The molecule has 3 rings (SSSR count). The zero-order chi connectivity index (χ0) is 22.1. The van der Waals surface area contributed by atoms with E-state index < -0.39 is 36.5 Å². The lowest BCUT2D eigenvalue weighted by molar-refractivity contribution is -0.272. The number of hydrogen-bond acceptors (Lipinski definition) is 4. The number of nitrogens with zero attached hydrogens (tertiary/aromatic N) is 4. The maximum Gasteiger partial charge on any atom is 0.424 e. The van der Waals surface area contributed by atoms with Crippen LogP contribution >= 0.6 is 11.6 Å². The number of imidazole rings is 1. The van der Waals surface area contributed by atoms with Gasteiger partial charge < -0.3 is 15.0 Å². The van der Waals surface area contributed by atoms with Gasteiger partial charge in [-0.1, -0.05) is 29.8 Å². The van der Waals surface area contributed by atoms with Crippen molar-refractivity contribution in [1.29, 1.82) is 0 Å². The van der Waals surface area contributed by atoms with Gasteiger partial charge in [-0.2, -0.15) is 18.3 Å². The summed E-state index contributed by atoms with van der Waals surface area (Å²) in [6.45, 7) is 1.11. The molecule has 1 aromatic carbocycles. The number of aryl methyl sites for hydroxylation is 2. The standard InChI is InChI=1S/C19H19ClF3N5O2/c1-12-14(15(20)28(26-12)13-6-4-3-5-7-13)16(29)24-9-8-18(30,19(21,22)23)17-25-10-11-27(17)2/h3-7,10-11,30H,8-9H2,1-2H3,(H,24,29). The Morgan fingerprint density at radius 2 is 1.93 bits per heavy atom. The van der Waals surface area contributed by atoms with Gasteiger partial charge in [-0.05, 0) is 19.1 Å². The highest BCUT2D eigenvalue weighted by atomic mass is 35.5. The number of para-hydroxylation sites is 1. The van der Waals surface area contributed by atoms with Crippen LogP contribution in [0.3, 0.4) is 0 Å². The molecule has 2 aromatic heterocycles. The van der Waals surface area contributed by atoms with Gasteiger partial charge in [0.2, 0.25) is 5.60 Å². The van der Waals surface area contributed by atoms with Gasteiger partial charge in [0.05, 0.1) is 16.9 Å². The van der Waals surface area contributed by atoms with Gasteiger partial charge in [0.1, 0.15) is 11.0 Å². The molecule has 0 saturated carbocycles. The highest BCUT2D eigenvalue weighted by Crippen LogP contribution is 2.40. The maximum absolute atomic E-state index is 13.6. The molecule has 0 spiro atoms. The van der Waals surface area contributed by atoms with Crippen LogP contribution in [0.25, 0.3) is 5.69 Å². The quantitative estimate of drug-likeness (QED) is 0.615. The number of carbonyl (C=O) groups is 1. The van der Waals surface area contributed by atoms with Crippen LogP contribution in [0, 0.1) is 6.92 Å². The molecule has 0 bridgehead atoms. The molecule has 0 aliphatic heterocycles. The first-order chi connectivity index (χ1) is 14.1. The number of halogens is 4. The Labute approximate surface area is 175 Å². The number of benzene rings is 1. The number of carbonyl (C=O) groups excluding carboxylic acids is 1. The van der Waals surface area contributed by atoms with Crippen molar-refractivity contribution in [3.05, 3.63) is 65.0 Å². The summed E-state index contributed by atoms with van der Waals surface area (Å²) in [5, 5.41) is 17.0. The Kier molecular flexibility index (Phi) is 5.91. The first kappa shape index (κ1) is 21.8. The second-order valence-corrected chi connectivity index (χ2v) is 7.08. The van der Waals surface area contributed by atoms with Crippen molar-refractivity contribution in [2.45, 2.75) is 25.1 Å². The lowest BCUT2D eigenvalue weighted by Gasteiger charge is -2.29. The first-order valence-electron chi connectivity index (χ1n) is 8.92. The third-order valence-electron chi connectivity index (χ3n) is 4.66. The molecule has 1 atom stereocenters. The second-order valence-electron chi connectivity index (χ2n) is 6.72. The number of hydrogen-bond donors (Lipinski definition) is 2. The van der Waals surface area contributed by atoms with E-state index in [9.17, 15) is 23.1 Å². The van der Waals surface area contributed by atoms with Crippen LogP contribution in [0.2, 0.25) is 5.15 Å². The first-order valence-corrected chi connectivity index (χ1v) is 9.29. The van der Waals surface area contributed by atoms with Crippen LogP contribution in [0.1, 0.15) is 28.3 Å². The summed E-state index contributed by atoms with van der Waals surface area (Å²) in [7, 11) is 1.35. The monoisotopic (exact) mass is 441 g/mol. The van der Waals surface area contributed by atoms with Crippen molar-refractivity contribution in [2.75, 3.05) is 6.54 Å². The minimum Gasteiger partial charge on any atom is -0.374 e. The van der Waals surface area contributed by atoms with E-state index in [0.29, 0.717) is 11.4 Å². The minimum absolute atomic E-state index is 0.0337. The van der Waals surface area contributed by atoms with Crippen molar-refractivity contribution in [1.82, 2.24) is 24.6 Å². The van der Waals surface area contributed by atoms with Crippen molar-refractivity contribution in [2.24, 2.45) is 7.05 Å². The van der Waals surface area contributed by atoms with Crippen molar-refractivity contribution in [3.63, 3.8) is 0 Å². The third-order valence-corrected chi connectivity index (χ3v) is 5.01. The molecule has 0 radical (unpaired) electrons. The molecule has 7 nitrogen and oxygen atoms in total. The molecule has 160 valence electrons. The summed E-state index contributed by atoms with van der Waals surface area (Å²) in [4.78, 5) is 16.2. The number of rotatable bonds is 6. The van der Waals surface area contributed by atoms with Crippen LogP contribution in [-0.4, -0.2) is 43.1 Å². The number of alkyl halides is 3. The van der Waals surface area contributed by atoms with E-state index in [0.717, 1.165) is 10.8 Å². The molecule has 11 heteroatoms. The van der Waals surface area contributed by atoms with E-state index in [1.807, 2.05) is 6.07 Å². The third kappa shape index (κ3) is 3.92. The van der Waals surface area contributed by atoms with E-state index in [1.54, 1.807) is 31.2 Å².